The van der Waals surface area contributed by atoms with Crippen molar-refractivity contribution in [2.24, 2.45) is 0 Å². The van der Waals surface area contributed by atoms with Crippen molar-refractivity contribution in [3.63, 3.8) is 0 Å². The Morgan fingerprint density at radius 2 is 2.28 bits per heavy atom. The Bertz CT molecular complexity index is 454. The van der Waals surface area contributed by atoms with E-state index in [-0.39, 0.29) is 5.91 Å². The van der Waals surface area contributed by atoms with Gasteiger partial charge in [0.2, 0.25) is 0 Å². The van der Waals surface area contributed by atoms with Crippen molar-refractivity contribution in [2.45, 2.75) is 30.7 Å². The summed E-state index contributed by atoms with van der Waals surface area (Å²) < 4.78 is 0. The first kappa shape index (κ1) is 13.5. The van der Waals surface area contributed by atoms with Crippen molar-refractivity contribution in [1.82, 2.24) is 5.32 Å². The minimum Gasteiger partial charge on any atom is -0.396 e. The van der Waals surface area contributed by atoms with Crippen molar-refractivity contribution in [1.29, 1.82) is 0 Å². The van der Waals surface area contributed by atoms with Gasteiger partial charge in [0.25, 0.3) is 5.91 Å². The molecule has 18 heavy (non-hydrogen) atoms. The van der Waals surface area contributed by atoms with Crippen LogP contribution in [0, 0.1) is 0 Å². The number of hydrogen-bond acceptors (Lipinski definition) is 5. The quantitative estimate of drug-likeness (QED) is 0.816. The number of nitrogens with two attached hydrogens (primary N) is 1. The first-order valence-corrected chi connectivity index (χ1v) is 8.10. The Kier molecular flexibility index (Phi) is 4.07. The molecule has 100 valence electrons. The fourth-order valence-corrected chi connectivity index (χ4v) is 3.79. The molecule has 1 aliphatic carbocycles. The fraction of sp³-hybridized carbons (Fsp3) is 0.583. The van der Waals surface area contributed by atoms with Crippen molar-refractivity contribution >= 4 is 39.7 Å². The molecule has 0 unspecified atom stereocenters. The van der Waals surface area contributed by atoms with E-state index in [2.05, 4.69) is 17.1 Å². The van der Waals surface area contributed by atoms with Crippen LogP contribution in [0.3, 0.4) is 0 Å². The van der Waals surface area contributed by atoms with Gasteiger partial charge in [-0.3, -0.25) is 4.79 Å². The van der Waals surface area contributed by atoms with Gasteiger partial charge in [-0.25, -0.2) is 0 Å². The number of carbonyl (C=O) groups is 1. The molecule has 1 amide bonds. The van der Waals surface area contributed by atoms with Crippen molar-refractivity contribution in [2.75, 3.05) is 30.5 Å². The summed E-state index contributed by atoms with van der Waals surface area (Å²) >= 11 is 3.09. The minimum absolute atomic E-state index is 0.0222. The Morgan fingerprint density at radius 3 is 2.78 bits per heavy atom. The van der Waals surface area contributed by atoms with E-state index in [0.717, 1.165) is 29.3 Å². The standard InChI is InChI=1S/C12H19N3OS2/c1-4-15(2)12-10(17-3)8(13)9(18-12)11(16)14-7-5-6-7/h7H,4-6,13H2,1-3H3,(H,14,16). The number of nitrogen functional groups attached to an aromatic ring is 1. The van der Waals surface area contributed by atoms with Crippen LogP contribution in [-0.4, -0.2) is 31.8 Å². The Hall–Kier alpha value is -0.880. The van der Waals surface area contributed by atoms with E-state index in [9.17, 15) is 4.79 Å². The van der Waals surface area contributed by atoms with E-state index < -0.39 is 0 Å². The number of nitrogens with zero attached hydrogens (tertiary/aromatic N) is 1. The smallest absolute Gasteiger partial charge is 0.263 e. The number of amides is 1. The second-order valence-corrected chi connectivity index (χ2v) is 6.26. The molecule has 1 aromatic heterocycles. The van der Waals surface area contributed by atoms with Gasteiger partial charge in [0.1, 0.15) is 9.88 Å². The lowest BCUT2D eigenvalue weighted by Gasteiger charge is -2.15. The summed E-state index contributed by atoms with van der Waals surface area (Å²) in [5.74, 6) is -0.0222. The SMILES string of the molecule is CCN(C)c1sc(C(=O)NC2CC2)c(N)c1SC. The predicted molar refractivity (Wildman–Crippen MR) is 79.9 cm³/mol. The average Bonchev–Trinajstić information content (AvgIpc) is 3.10. The van der Waals surface area contributed by atoms with Crippen LogP contribution in [-0.2, 0) is 0 Å². The normalized spacial score (nSPS) is 14.6. The molecule has 0 saturated heterocycles. The third-order valence-corrected chi connectivity index (χ3v) is 5.30. The van der Waals surface area contributed by atoms with Crippen molar-refractivity contribution in [3.05, 3.63) is 4.88 Å². The number of thioether (sulfide) groups is 1. The van der Waals surface area contributed by atoms with Gasteiger partial charge in [-0.15, -0.1) is 23.1 Å². The summed E-state index contributed by atoms with van der Waals surface area (Å²) in [6.45, 7) is 2.99. The number of thiophene rings is 1. The van der Waals surface area contributed by atoms with Crippen LogP contribution in [0.1, 0.15) is 29.4 Å². The van der Waals surface area contributed by atoms with Crippen LogP contribution in [0.2, 0.25) is 0 Å². The van der Waals surface area contributed by atoms with E-state index in [1.165, 1.54) is 11.3 Å². The molecule has 1 saturated carbocycles. The molecule has 0 spiro atoms. The van der Waals surface area contributed by atoms with Gasteiger partial charge in [-0.05, 0) is 26.0 Å². The largest absolute Gasteiger partial charge is 0.396 e. The van der Waals surface area contributed by atoms with E-state index in [1.807, 2.05) is 13.3 Å². The lowest BCUT2D eigenvalue weighted by molar-refractivity contribution is 0.0956. The number of nitrogens with one attached hydrogen (secondary N) is 1. The molecule has 0 atom stereocenters. The second kappa shape index (κ2) is 5.40. The highest BCUT2D eigenvalue weighted by Gasteiger charge is 2.27. The molecular weight excluding hydrogens is 266 g/mol. The highest BCUT2D eigenvalue weighted by Crippen LogP contribution is 2.43. The van der Waals surface area contributed by atoms with Gasteiger partial charge in [-0.1, -0.05) is 0 Å². The zero-order valence-electron chi connectivity index (χ0n) is 10.9. The van der Waals surface area contributed by atoms with Gasteiger partial charge in [0.15, 0.2) is 0 Å². The molecule has 0 aliphatic heterocycles. The molecule has 1 aromatic rings. The summed E-state index contributed by atoms with van der Waals surface area (Å²) in [5, 5.41) is 4.08. The number of carbonyl (C=O) groups excluding carboxylic acids is 1. The molecule has 1 aliphatic rings. The van der Waals surface area contributed by atoms with Crippen molar-refractivity contribution < 1.29 is 4.79 Å². The van der Waals surface area contributed by atoms with Gasteiger partial charge in [0, 0.05) is 19.6 Å². The molecule has 0 bridgehead atoms. The maximum absolute atomic E-state index is 12.1. The maximum Gasteiger partial charge on any atom is 0.263 e. The van der Waals surface area contributed by atoms with E-state index >= 15 is 0 Å². The molecule has 2 rings (SSSR count). The Morgan fingerprint density at radius 1 is 1.61 bits per heavy atom. The molecule has 0 aromatic carbocycles. The first-order chi connectivity index (χ1) is 8.58. The topological polar surface area (TPSA) is 58.4 Å². The lowest BCUT2D eigenvalue weighted by Crippen LogP contribution is -2.25. The second-order valence-electron chi connectivity index (χ2n) is 4.45. The van der Waals surface area contributed by atoms with Gasteiger partial charge in [0.05, 0.1) is 10.6 Å². The number of hydrogen-bond donors (Lipinski definition) is 2. The first-order valence-electron chi connectivity index (χ1n) is 6.06. The molecular formula is C12H19N3OS2. The third-order valence-electron chi connectivity index (χ3n) is 3.03. The molecule has 0 radical (unpaired) electrons. The van der Waals surface area contributed by atoms with Gasteiger partial charge >= 0.3 is 0 Å². The van der Waals surface area contributed by atoms with E-state index in [1.54, 1.807) is 11.8 Å². The Balaban J connectivity index is 2.29. The molecule has 3 N–H and O–H groups in total. The fourth-order valence-electron chi connectivity index (χ4n) is 1.66. The molecule has 1 heterocycles. The van der Waals surface area contributed by atoms with Gasteiger partial charge in [-0.2, -0.15) is 0 Å². The summed E-state index contributed by atoms with van der Waals surface area (Å²) in [5.41, 5.74) is 6.73. The average molecular weight is 285 g/mol. The molecule has 6 heteroatoms. The van der Waals surface area contributed by atoms with Crippen LogP contribution in [0.4, 0.5) is 10.7 Å². The lowest BCUT2D eigenvalue weighted by atomic mass is 10.3. The zero-order chi connectivity index (χ0) is 13.3. The highest BCUT2D eigenvalue weighted by molar-refractivity contribution is 7.99. The van der Waals surface area contributed by atoms with E-state index in [0.29, 0.717) is 16.6 Å². The van der Waals surface area contributed by atoms with Crippen molar-refractivity contribution in [3.8, 4) is 0 Å². The summed E-state index contributed by atoms with van der Waals surface area (Å²) in [7, 11) is 2.02. The third kappa shape index (κ3) is 2.59. The zero-order valence-corrected chi connectivity index (χ0v) is 12.6. The van der Waals surface area contributed by atoms with Crippen LogP contribution in [0.5, 0.6) is 0 Å². The van der Waals surface area contributed by atoms with Gasteiger partial charge < -0.3 is 16.0 Å². The predicted octanol–water partition coefficient (Wildman–Crippen LogP) is 2.40. The minimum atomic E-state index is -0.0222. The van der Waals surface area contributed by atoms with Crippen LogP contribution in [0.15, 0.2) is 4.90 Å². The number of rotatable bonds is 5. The summed E-state index contributed by atoms with van der Waals surface area (Å²) in [6, 6.07) is 0.365. The van der Waals surface area contributed by atoms with Crippen LogP contribution in [0.25, 0.3) is 0 Å². The van der Waals surface area contributed by atoms with Crippen LogP contribution >= 0.6 is 23.1 Å². The monoisotopic (exact) mass is 285 g/mol. The summed E-state index contributed by atoms with van der Waals surface area (Å²) in [6.07, 6.45) is 4.18. The molecule has 1 fully saturated rings. The van der Waals surface area contributed by atoms with E-state index in [4.69, 9.17) is 5.73 Å². The molecule has 4 nitrogen and oxygen atoms in total. The number of anilines is 2. The highest BCUT2D eigenvalue weighted by atomic mass is 32.2. The maximum atomic E-state index is 12.1. The Labute approximate surface area is 116 Å². The summed E-state index contributed by atoms with van der Waals surface area (Å²) in [4.78, 5) is 15.9. The van der Waals surface area contributed by atoms with Crippen LogP contribution < -0.4 is 16.0 Å².